The molecule has 0 spiro atoms. The molecule has 8 aliphatic rings. The van der Waals surface area contributed by atoms with Gasteiger partial charge in [0.05, 0.1) is 157 Å². The minimum Gasteiger partial charge on any atom is -0.867 e. The number of hydrogen-bond donors (Lipinski definition) is 0. The fraction of sp³-hybridized carbons (Fsp3) is 1.00. The van der Waals surface area contributed by atoms with E-state index in [1.54, 1.807) is 0 Å². The molecular formula is C80H176B4F4N8O16. The van der Waals surface area contributed by atoms with Crippen molar-refractivity contribution in [2.45, 2.75) is 265 Å². The number of hydrogen-bond acceptors (Lipinski definition) is 16. The van der Waals surface area contributed by atoms with Gasteiger partial charge in [0.1, 0.15) is 29.6 Å². The number of rotatable bonds is 40. The lowest BCUT2D eigenvalue weighted by Gasteiger charge is -2.33. The Labute approximate surface area is 686 Å². The smallest absolute Gasteiger partial charge is 0.183 e. The molecule has 0 aromatic heterocycles. The standard InChI is InChI=1S/8C10H22NO.4BFO2/c8*1-3-7-11(10-12-4-2)8-5-6-9-11;4*2-1(3)4/h8*3-10H2,1-2H3;;;;/q8*+1;4*-2. The van der Waals surface area contributed by atoms with E-state index in [0.717, 1.165) is 107 Å². The summed E-state index contributed by atoms with van der Waals surface area (Å²) in [6.45, 7) is 81.2. The molecule has 8 fully saturated rings. The number of halogens is 4. The molecule has 32 heteroatoms. The lowest BCUT2D eigenvalue weighted by molar-refractivity contribution is -0.935. The minimum absolute atomic E-state index is 0.865. The predicted molar refractivity (Wildman–Crippen MR) is 434 cm³/mol. The maximum absolute atomic E-state index is 9.89. The van der Waals surface area contributed by atoms with Crippen molar-refractivity contribution in [3.05, 3.63) is 0 Å². The van der Waals surface area contributed by atoms with Crippen LogP contribution in [-0.4, -0.2) is 329 Å². The van der Waals surface area contributed by atoms with E-state index in [4.69, 9.17) is 78.1 Å². The second kappa shape index (κ2) is 76.2. The molecule has 8 aliphatic heterocycles. The summed E-state index contributed by atoms with van der Waals surface area (Å²) in [6.07, 6.45) is 32.6. The third kappa shape index (κ3) is 62.2. The predicted octanol–water partition coefficient (Wildman–Crippen LogP) is 6.65. The van der Waals surface area contributed by atoms with Gasteiger partial charge in [-0.15, -0.1) is 0 Å². The zero-order valence-corrected chi connectivity index (χ0v) is 75.2. The molecule has 0 aromatic rings. The van der Waals surface area contributed by atoms with Crippen molar-refractivity contribution >= 4 is 29.6 Å². The van der Waals surface area contributed by atoms with Gasteiger partial charge in [-0.3, -0.25) is 0 Å². The highest BCUT2D eigenvalue weighted by atomic mass is 19.1. The Morgan fingerprint density at radius 3 is 0.304 bits per heavy atom. The molecule has 0 aliphatic carbocycles. The lowest BCUT2D eigenvalue weighted by Crippen LogP contribution is -2.47. The van der Waals surface area contributed by atoms with E-state index in [2.05, 4.69) is 111 Å². The average Bonchev–Trinajstić information content (AvgIpc) is 1.79. The number of quaternary nitrogens is 8. The fourth-order valence-electron chi connectivity index (χ4n) is 17.5. The summed E-state index contributed by atoms with van der Waals surface area (Å²) in [5, 5.41) is 66.4. The van der Waals surface area contributed by atoms with Crippen LogP contribution < -0.4 is 40.2 Å². The van der Waals surface area contributed by atoms with E-state index in [1.807, 2.05) is 0 Å². The highest BCUT2D eigenvalue weighted by molar-refractivity contribution is 6.27. The maximum atomic E-state index is 9.89. The Balaban J connectivity index is -0.000000578. The van der Waals surface area contributed by atoms with Gasteiger partial charge in [-0.25, -0.2) is 0 Å². The third-order valence-electron chi connectivity index (χ3n) is 22.3. The van der Waals surface area contributed by atoms with Crippen LogP contribution in [0.1, 0.15) is 265 Å². The summed E-state index contributed by atoms with van der Waals surface area (Å²) in [6, 6.07) is 0. The fourth-order valence-corrected chi connectivity index (χ4v) is 17.5. The van der Waals surface area contributed by atoms with Gasteiger partial charge in [0.2, 0.25) is 0 Å². The van der Waals surface area contributed by atoms with Crippen LogP contribution in [0.2, 0.25) is 0 Å². The van der Waals surface area contributed by atoms with E-state index in [0.29, 0.717) is 0 Å². The SMILES string of the molecule is CCC[N+]1(COCC)CCCC1.CCC[N+]1(COCC)CCCC1.CCC[N+]1(COCC)CCCC1.CCC[N+]1(COCC)CCCC1.CCC[N+]1(COCC)CCCC1.CCC[N+]1(COCC)CCCC1.CCC[N+]1(COCC)CCCC1.CCC[N+]1(COCC)CCCC1.[O-]B([O-])F.[O-]B([O-])F.[O-]B([O-])F.[O-]B([O-])F. The van der Waals surface area contributed by atoms with Gasteiger partial charge in [0, 0.05) is 156 Å². The monoisotopic (exact) mass is 1630 g/mol. The lowest BCUT2D eigenvalue weighted by atomic mass is 10.3. The first-order chi connectivity index (χ1) is 53.6. The number of ether oxygens (including phenoxy) is 8. The van der Waals surface area contributed by atoms with Crippen LogP contribution in [0.15, 0.2) is 0 Å². The van der Waals surface area contributed by atoms with Crippen LogP contribution in [0.5, 0.6) is 0 Å². The highest BCUT2D eigenvalue weighted by Gasteiger charge is 2.37. The largest absolute Gasteiger partial charge is 0.867 e. The molecule has 24 nitrogen and oxygen atoms in total. The third-order valence-corrected chi connectivity index (χ3v) is 22.3. The van der Waals surface area contributed by atoms with Crippen LogP contribution in [-0.2, 0) is 37.9 Å². The summed E-state index contributed by atoms with van der Waals surface area (Å²) < 4.78 is 93.7. The van der Waals surface area contributed by atoms with Crippen molar-refractivity contribution in [1.82, 2.24) is 0 Å². The maximum Gasteiger partial charge on any atom is 0.183 e. The molecule has 0 atom stereocenters. The van der Waals surface area contributed by atoms with Gasteiger partial charge in [-0.1, -0.05) is 55.4 Å². The van der Waals surface area contributed by atoms with E-state index in [1.165, 1.54) is 347 Å². The van der Waals surface area contributed by atoms with Gasteiger partial charge in [0.15, 0.2) is 53.8 Å². The molecule has 8 rings (SSSR count). The molecule has 112 heavy (non-hydrogen) atoms. The Morgan fingerprint density at radius 2 is 0.250 bits per heavy atom. The molecule has 8 heterocycles. The number of likely N-dealkylation sites (tertiary alicyclic amines) is 8. The molecule has 0 radical (unpaired) electrons. The molecule has 672 valence electrons. The van der Waals surface area contributed by atoms with Crippen molar-refractivity contribution < 1.29 is 131 Å². The second-order valence-corrected chi connectivity index (χ2v) is 31.8. The van der Waals surface area contributed by atoms with E-state index in [-0.39, 0.29) is 0 Å². The first-order valence-corrected chi connectivity index (χ1v) is 44.8. The average molecular weight is 1630 g/mol. The van der Waals surface area contributed by atoms with Crippen LogP contribution in [0.3, 0.4) is 0 Å². The summed E-state index contributed by atoms with van der Waals surface area (Å²) in [5.41, 5.74) is 0. The normalized spacial score (nSPS) is 19.4. The Kier molecular flexibility index (Phi) is 79.8. The molecule has 0 aromatic carbocycles. The van der Waals surface area contributed by atoms with Crippen molar-refractivity contribution in [2.75, 3.05) is 264 Å². The summed E-state index contributed by atoms with van der Waals surface area (Å²) in [5.74, 6) is 0. The van der Waals surface area contributed by atoms with E-state index >= 15 is 0 Å². The first-order valence-electron chi connectivity index (χ1n) is 44.8. The second-order valence-electron chi connectivity index (χ2n) is 31.8. The van der Waals surface area contributed by atoms with Crippen molar-refractivity contribution in [2.24, 2.45) is 0 Å². The topological polar surface area (TPSA) is 258 Å². The summed E-state index contributed by atoms with van der Waals surface area (Å²) >= 11 is 0. The summed E-state index contributed by atoms with van der Waals surface area (Å²) in [4.78, 5) is 0. The van der Waals surface area contributed by atoms with Gasteiger partial charge in [0.25, 0.3) is 0 Å². The molecule has 0 saturated carbocycles. The van der Waals surface area contributed by atoms with Crippen molar-refractivity contribution in [3.63, 3.8) is 0 Å². The van der Waals surface area contributed by atoms with Crippen molar-refractivity contribution in [1.29, 1.82) is 0 Å². The minimum atomic E-state index is -3.17. The first kappa shape index (κ1) is 117. The van der Waals surface area contributed by atoms with Crippen LogP contribution in [0, 0.1) is 0 Å². The molecule has 0 bridgehead atoms. The zero-order valence-electron chi connectivity index (χ0n) is 75.2. The van der Waals surface area contributed by atoms with Crippen LogP contribution >= 0.6 is 0 Å². The van der Waals surface area contributed by atoms with Crippen LogP contribution in [0.4, 0.5) is 17.3 Å². The molecule has 0 N–H and O–H groups in total. The zero-order chi connectivity index (χ0) is 85.2. The molecular weight excluding hydrogens is 1450 g/mol. The van der Waals surface area contributed by atoms with Crippen LogP contribution in [0.25, 0.3) is 0 Å². The van der Waals surface area contributed by atoms with Crippen molar-refractivity contribution in [3.8, 4) is 0 Å². The number of nitrogens with zero attached hydrogens (tertiary/aromatic N) is 8. The summed E-state index contributed by atoms with van der Waals surface area (Å²) in [7, 11) is -12.7. The van der Waals surface area contributed by atoms with Gasteiger partial charge in [-0.05, 0) is 107 Å². The highest BCUT2D eigenvalue weighted by Crippen LogP contribution is 2.26. The van der Waals surface area contributed by atoms with E-state index < -0.39 is 29.6 Å². The molecule has 0 amide bonds. The molecule has 0 unspecified atom stereocenters. The Hall–Kier alpha value is -0.980. The Bertz CT molecular complexity index is 1550. The Morgan fingerprint density at radius 1 is 0.179 bits per heavy atom. The van der Waals surface area contributed by atoms with E-state index in [9.17, 15) is 17.3 Å². The van der Waals surface area contributed by atoms with Gasteiger partial charge >= 0.3 is 0 Å². The quantitative estimate of drug-likeness (QED) is 0.0353. The van der Waals surface area contributed by atoms with Gasteiger partial charge < -0.3 is 131 Å². The van der Waals surface area contributed by atoms with Gasteiger partial charge in [-0.2, -0.15) is 0 Å². The molecule has 8 saturated heterocycles.